The van der Waals surface area contributed by atoms with Crippen molar-refractivity contribution >= 4 is 17.9 Å². The number of hydrazone groups is 1. The van der Waals surface area contributed by atoms with Crippen LogP contribution in [0.25, 0.3) is 5.82 Å². The summed E-state index contributed by atoms with van der Waals surface area (Å²) in [7, 11) is 0. The number of aromatic nitrogens is 5. The van der Waals surface area contributed by atoms with Gasteiger partial charge in [-0.25, -0.2) is 10.1 Å². The molecule has 0 unspecified atom stereocenters. The van der Waals surface area contributed by atoms with Gasteiger partial charge >= 0.3 is 0 Å². The van der Waals surface area contributed by atoms with E-state index in [9.17, 15) is 4.79 Å². The Kier molecular flexibility index (Phi) is 6.85. The van der Waals surface area contributed by atoms with E-state index in [0.717, 1.165) is 31.5 Å². The first-order chi connectivity index (χ1) is 15.6. The highest BCUT2D eigenvalue weighted by Crippen LogP contribution is 2.20. The Labute approximate surface area is 185 Å². The molecule has 1 aromatic carbocycles. The summed E-state index contributed by atoms with van der Waals surface area (Å²) in [5.41, 5.74) is 10.3. The lowest BCUT2D eigenvalue weighted by atomic mass is 10.0. The maximum atomic E-state index is 12.9. The molecule has 1 aliphatic heterocycles. The fourth-order valence-corrected chi connectivity index (χ4v) is 3.74. The van der Waals surface area contributed by atoms with Crippen molar-refractivity contribution in [1.82, 2.24) is 35.6 Å². The lowest BCUT2D eigenvalue weighted by molar-refractivity contribution is 0.0947. The molecular weight excluding hydrogens is 410 g/mol. The predicted molar refractivity (Wildman–Crippen MR) is 118 cm³/mol. The van der Waals surface area contributed by atoms with Crippen molar-refractivity contribution in [2.24, 2.45) is 5.10 Å². The quantitative estimate of drug-likeness (QED) is 0.423. The van der Waals surface area contributed by atoms with E-state index in [4.69, 9.17) is 10.4 Å². The molecule has 1 atom stereocenters. The van der Waals surface area contributed by atoms with Gasteiger partial charge in [0, 0.05) is 18.7 Å². The molecule has 0 radical (unpaired) electrons. The summed E-state index contributed by atoms with van der Waals surface area (Å²) in [6.45, 7) is 4.36. The summed E-state index contributed by atoms with van der Waals surface area (Å²) in [6.07, 6.45) is 6.31. The van der Waals surface area contributed by atoms with Gasteiger partial charge in [-0.3, -0.25) is 9.69 Å². The van der Waals surface area contributed by atoms with Crippen LogP contribution >= 0.6 is 0 Å². The number of carbonyl (C=O) groups is 1. The normalized spacial score (nSPS) is 16.2. The van der Waals surface area contributed by atoms with E-state index in [0.29, 0.717) is 12.2 Å². The van der Waals surface area contributed by atoms with E-state index in [2.05, 4.69) is 36.1 Å². The maximum absolute atomic E-state index is 12.9. The van der Waals surface area contributed by atoms with E-state index in [1.807, 2.05) is 37.3 Å². The average molecular weight is 438 g/mol. The topological polar surface area (TPSA) is 140 Å². The standard InChI is InChI=1S/C21H27N9O2/c1-15(16-9-5-4-6-10-16)13-23-25-21(31)18-17(14-29-11-7-2-3-8-12-29)30(28-24-18)20-19(22)26-32-27-20/h4-6,9-10,13,15H,2-3,7-8,11-12,14H2,1H3,(H2,22,26)(H,25,31)/b23-13-/t15-/m1/s1. The third-order valence-electron chi connectivity index (χ3n) is 5.54. The molecule has 0 aliphatic carbocycles. The van der Waals surface area contributed by atoms with Crippen LogP contribution in [0.4, 0.5) is 5.82 Å². The van der Waals surface area contributed by atoms with Crippen molar-refractivity contribution < 1.29 is 9.42 Å². The first kappa shape index (κ1) is 21.6. The van der Waals surface area contributed by atoms with Gasteiger partial charge in [-0.1, -0.05) is 55.3 Å². The van der Waals surface area contributed by atoms with E-state index >= 15 is 0 Å². The Bertz CT molecular complexity index is 1050. The van der Waals surface area contributed by atoms with Crippen molar-refractivity contribution in [2.45, 2.75) is 45.1 Å². The minimum absolute atomic E-state index is 0.0461. The Hall–Kier alpha value is -3.60. The Balaban J connectivity index is 1.54. The highest BCUT2D eigenvalue weighted by molar-refractivity contribution is 5.93. The smallest absolute Gasteiger partial charge is 0.293 e. The van der Waals surface area contributed by atoms with E-state index < -0.39 is 5.91 Å². The number of carbonyl (C=O) groups excluding carboxylic acids is 1. The van der Waals surface area contributed by atoms with Gasteiger partial charge in [-0.2, -0.15) is 9.78 Å². The van der Waals surface area contributed by atoms with E-state index in [1.54, 1.807) is 6.21 Å². The molecule has 11 nitrogen and oxygen atoms in total. The largest absolute Gasteiger partial charge is 0.378 e. The molecule has 1 saturated heterocycles. The zero-order chi connectivity index (χ0) is 22.3. The first-order valence-corrected chi connectivity index (χ1v) is 10.8. The van der Waals surface area contributed by atoms with Gasteiger partial charge in [0.15, 0.2) is 5.69 Å². The highest BCUT2D eigenvalue weighted by Gasteiger charge is 2.25. The third-order valence-corrected chi connectivity index (χ3v) is 5.54. The second-order valence-corrected chi connectivity index (χ2v) is 7.88. The van der Waals surface area contributed by atoms with Crippen LogP contribution in [0, 0.1) is 0 Å². The van der Waals surface area contributed by atoms with Gasteiger partial charge in [-0.15, -0.1) is 5.10 Å². The van der Waals surface area contributed by atoms with Crippen molar-refractivity contribution in [1.29, 1.82) is 0 Å². The second kappa shape index (κ2) is 10.1. The molecule has 11 heteroatoms. The zero-order valence-corrected chi connectivity index (χ0v) is 18.0. The molecule has 3 heterocycles. The average Bonchev–Trinajstić information content (AvgIpc) is 3.31. The first-order valence-electron chi connectivity index (χ1n) is 10.8. The van der Waals surface area contributed by atoms with Crippen molar-refractivity contribution in [3.05, 3.63) is 47.3 Å². The summed E-state index contributed by atoms with van der Waals surface area (Å²) >= 11 is 0. The van der Waals surface area contributed by atoms with Crippen LogP contribution in [0.3, 0.4) is 0 Å². The molecule has 168 valence electrons. The number of likely N-dealkylation sites (tertiary alicyclic amines) is 1. The Morgan fingerprint density at radius 3 is 2.66 bits per heavy atom. The fourth-order valence-electron chi connectivity index (χ4n) is 3.74. The molecule has 3 aromatic rings. The lowest BCUT2D eigenvalue weighted by Gasteiger charge is -2.20. The van der Waals surface area contributed by atoms with Gasteiger partial charge in [0.25, 0.3) is 5.91 Å². The highest BCUT2D eigenvalue weighted by atomic mass is 16.6. The van der Waals surface area contributed by atoms with E-state index in [1.165, 1.54) is 17.5 Å². The SMILES string of the molecule is C[C@H](/C=N\NC(=O)c1nnn(-c2nonc2N)c1CN1CCCCCC1)c1ccccc1. The lowest BCUT2D eigenvalue weighted by Crippen LogP contribution is -2.28. The van der Waals surface area contributed by atoms with Gasteiger partial charge < -0.3 is 5.73 Å². The van der Waals surface area contributed by atoms with Gasteiger partial charge in [-0.05, 0) is 41.8 Å². The molecule has 1 aliphatic rings. The van der Waals surface area contributed by atoms with Gasteiger partial charge in [0.2, 0.25) is 11.6 Å². The molecule has 0 bridgehead atoms. The van der Waals surface area contributed by atoms with Crippen LogP contribution in [-0.4, -0.2) is 55.4 Å². The summed E-state index contributed by atoms with van der Waals surface area (Å²) in [5.74, 6) is -0.117. The minimum Gasteiger partial charge on any atom is -0.378 e. The second-order valence-electron chi connectivity index (χ2n) is 7.88. The monoisotopic (exact) mass is 437 g/mol. The number of nitrogens with two attached hydrogens (primary N) is 1. The molecule has 1 amide bonds. The fraction of sp³-hybridized carbons (Fsp3) is 0.429. The number of hydrogen-bond donors (Lipinski definition) is 2. The molecule has 2 aromatic heterocycles. The van der Waals surface area contributed by atoms with Crippen LogP contribution in [0.5, 0.6) is 0 Å². The molecule has 32 heavy (non-hydrogen) atoms. The summed E-state index contributed by atoms with van der Waals surface area (Å²) in [6, 6.07) is 9.92. The molecule has 3 N–H and O–H groups in total. The maximum Gasteiger partial charge on any atom is 0.293 e. The molecule has 1 fully saturated rings. The van der Waals surface area contributed by atoms with Crippen LogP contribution in [-0.2, 0) is 6.54 Å². The molecule has 0 spiro atoms. The number of nitrogens with zero attached hydrogens (tertiary/aromatic N) is 7. The van der Waals surface area contributed by atoms with E-state index in [-0.39, 0.29) is 23.2 Å². The number of anilines is 1. The zero-order valence-electron chi connectivity index (χ0n) is 18.0. The van der Waals surface area contributed by atoms with Gasteiger partial charge in [0.1, 0.15) is 0 Å². The van der Waals surface area contributed by atoms with Crippen molar-refractivity contribution in [3.8, 4) is 5.82 Å². The Morgan fingerprint density at radius 2 is 1.97 bits per heavy atom. The number of hydrogen-bond acceptors (Lipinski definition) is 9. The van der Waals surface area contributed by atoms with Crippen molar-refractivity contribution in [3.63, 3.8) is 0 Å². The summed E-state index contributed by atoms with van der Waals surface area (Å²) in [4.78, 5) is 15.2. The predicted octanol–water partition coefficient (Wildman–Crippen LogP) is 2.13. The number of amides is 1. The number of nitrogen functional groups attached to an aromatic ring is 1. The van der Waals surface area contributed by atoms with Crippen LogP contribution in [0.1, 0.15) is 60.3 Å². The molecule has 4 rings (SSSR count). The number of rotatable bonds is 7. The third kappa shape index (κ3) is 4.99. The number of nitrogens with one attached hydrogen (secondary N) is 1. The molecular formula is C21H27N9O2. The Morgan fingerprint density at radius 1 is 1.22 bits per heavy atom. The molecule has 0 saturated carbocycles. The van der Waals surface area contributed by atoms with Gasteiger partial charge in [0.05, 0.1) is 5.69 Å². The van der Waals surface area contributed by atoms with Crippen molar-refractivity contribution in [2.75, 3.05) is 18.8 Å². The van der Waals surface area contributed by atoms with Crippen LogP contribution < -0.4 is 11.2 Å². The summed E-state index contributed by atoms with van der Waals surface area (Å²) in [5, 5.41) is 19.8. The number of benzene rings is 1. The van der Waals surface area contributed by atoms with Crippen LogP contribution in [0.15, 0.2) is 40.1 Å². The minimum atomic E-state index is -0.451. The van der Waals surface area contributed by atoms with Crippen LogP contribution in [0.2, 0.25) is 0 Å². The summed E-state index contributed by atoms with van der Waals surface area (Å²) < 4.78 is 6.14.